The molecule has 0 fully saturated rings. The minimum Gasteiger partial charge on any atom is -0.395 e. The standard InChI is InChI=1S/C14H11NO5S/c1-21-13-8-6-12(7-9-13)20-14(16)19-11-4-2-10(3-5-11)15(17)18/h2-9H,1H3. The van der Waals surface area contributed by atoms with Gasteiger partial charge in [0.2, 0.25) is 0 Å². The molecule has 0 unspecified atom stereocenters. The molecule has 21 heavy (non-hydrogen) atoms. The number of benzene rings is 2. The number of ether oxygens (including phenoxy) is 2. The lowest BCUT2D eigenvalue weighted by atomic mass is 10.3. The van der Waals surface area contributed by atoms with Gasteiger partial charge in [-0.15, -0.1) is 11.8 Å². The lowest BCUT2D eigenvalue weighted by molar-refractivity contribution is -0.384. The minimum absolute atomic E-state index is 0.0802. The van der Waals surface area contributed by atoms with Crippen LogP contribution in [0.25, 0.3) is 0 Å². The van der Waals surface area contributed by atoms with E-state index in [2.05, 4.69) is 0 Å². The highest BCUT2D eigenvalue weighted by Gasteiger charge is 2.10. The Morgan fingerprint density at radius 2 is 1.48 bits per heavy atom. The predicted molar refractivity (Wildman–Crippen MR) is 78.0 cm³/mol. The van der Waals surface area contributed by atoms with E-state index in [0.29, 0.717) is 5.75 Å². The molecule has 0 spiro atoms. The van der Waals surface area contributed by atoms with Gasteiger partial charge in [0, 0.05) is 17.0 Å². The number of non-ortho nitro benzene ring substituents is 1. The summed E-state index contributed by atoms with van der Waals surface area (Å²) in [5, 5.41) is 10.5. The van der Waals surface area contributed by atoms with Crippen LogP contribution in [0.2, 0.25) is 0 Å². The number of nitrogens with zero attached hydrogens (tertiary/aromatic N) is 1. The van der Waals surface area contributed by atoms with Crippen LogP contribution < -0.4 is 9.47 Å². The molecule has 2 aromatic carbocycles. The summed E-state index contributed by atoms with van der Waals surface area (Å²) < 4.78 is 9.91. The molecule has 6 nitrogen and oxygen atoms in total. The Kier molecular flexibility index (Phi) is 4.78. The highest BCUT2D eigenvalue weighted by atomic mass is 32.2. The fourth-order valence-corrected chi connectivity index (χ4v) is 1.90. The van der Waals surface area contributed by atoms with Crippen LogP contribution in [-0.4, -0.2) is 17.3 Å². The summed E-state index contributed by atoms with van der Waals surface area (Å²) in [5.41, 5.74) is -0.0802. The highest BCUT2D eigenvalue weighted by Crippen LogP contribution is 2.21. The van der Waals surface area contributed by atoms with Gasteiger partial charge in [0.05, 0.1) is 4.92 Å². The SMILES string of the molecule is CSc1ccc(OC(=O)Oc2ccc([N+](=O)[O-])cc2)cc1. The summed E-state index contributed by atoms with van der Waals surface area (Å²) in [7, 11) is 0. The van der Waals surface area contributed by atoms with Crippen LogP contribution in [0.15, 0.2) is 53.4 Å². The fourth-order valence-electron chi connectivity index (χ4n) is 1.49. The molecule has 0 aliphatic rings. The Balaban J connectivity index is 1.95. The summed E-state index contributed by atoms with van der Waals surface area (Å²) in [4.78, 5) is 22.6. The van der Waals surface area contributed by atoms with Crippen LogP contribution >= 0.6 is 11.8 Å². The van der Waals surface area contributed by atoms with E-state index in [4.69, 9.17) is 9.47 Å². The predicted octanol–water partition coefficient (Wildman–Crippen LogP) is 3.89. The molecule has 0 bridgehead atoms. The van der Waals surface area contributed by atoms with Crippen molar-refractivity contribution in [2.24, 2.45) is 0 Å². The van der Waals surface area contributed by atoms with Gasteiger partial charge >= 0.3 is 6.16 Å². The number of carbonyl (C=O) groups is 1. The van der Waals surface area contributed by atoms with Crippen molar-refractivity contribution in [3.05, 3.63) is 58.6 Å². The molecule has 0 radical (unpaired) electrons. The van der Waals surface area contributed by atoms with Gasteiger partial charge in [-0.1, -0.05) is 0 Å². The lowest BCUT2D eigenvalue weighted by Crippen LogP contribution is -2.13. The maximum Gasteiger partial charge on any atom is 0.519 e. The molecule has 0 saturated carbocycles. The van der Waals surface area contributed by atoms with Gasteiger partial charge < -0.3 is 9.47 Å². The zero-order chi connectivity index (χ0) is 15.2. The van der Waals surface area contributed by atoms with Gasteiger partial charge in [-0.2, -0.15) is 0 Å². The zero-order valence-corrected chi connectivity index (χ0v) is 11.8. The molecule has 0 aromatic heterocycles. The Hall–Kier alpha value is -2.54. The topological polar surface area (TPSA) is 78.7 Å². The summed E-state index contributed by atoms with van der Waals surface area (Å²) >= 11 is 1.58. The lowest BCUT2D eigenvalue weighted by Gasteiger charge is -2.05. The second-order valence-corrected chi connectivity index (χ2v) is 4.76. The molecule has 0 heterocycles. The summed E-state index contributed by atoms with van der Waals surface area (Å²) in [6.45, 7) is 0. The first kappa shape index (κ1) is 14.9. The first-order valence-corrected chi connectivity index (χ1v) is 7.09. The third kappa shape index (κ3) is 4.22. The van der Waals surface area contributed by atoms with Gasteiger partial charge in [-0.25, -0.2) is 4.79 Å². The Labute approximate surface area is 124 Å². The van der Waals surface area contributed by atoms with Gasteiger partial charge in [0.15, 0.2) is 0 Å². The van der Waals surface area contributed by atoms with Gasteiger partial charge in [0.1, 0.15) is 11.5 Å². The van der Waals surface area contributed by atoms with Crippen molar-refractivity contribution < 1.29 is 19.2 Å². The second-order valence-electron chi connectivity index (χ2n) is 3.88. The van der Waals surface area contributed by atoms with Crippen LogP contribution in [0.4, 0.5) is 10.5 Å². The van der Waals surface area contributed by atoms with E-state index in [-0.39, 0.29) is 11.4 Å². The maximum atomic E-state index is 11.6. The molecule has 0 atom stereocenters. The first-order chi connectivity index (χ1) is 10.1. The smallest absolute Gasteiger partial charge is 0.395 e. The van der Waals surface area contributed by atoms with Crippen molar-refractivity contribution in [1.29, 1.82) is 0 Å². The van der Waals surface area contributed by atoms with E-state index in [1.807, 2.05) is 18.4 Å². The Morgan fingerprint density at radius 3 is 1.90 bits per heavy atom. The van der Waals surface area contributed by atoms with Gasteiger partial charge in [-0.05, 0) is 42.7 Å². The molecule has 2 rings (SSSR count). The summed E-state index contributed by atoms with van der Waals surface area (Å²) in [5.74, 6) is 0.533. The number of thioether (sulfide) groups is 1. The molecule has 2 aromatic rings. The average Bonchev–Trinajstić information content (AvgIpc) is 2.48. The number of nitro groups is 1. The minimum atomic E-state index is -0.902. The van der Waals surface area contributed by atoms with Crippen LogP contribution in [0.3, 0.4) is 0 Å². The molecule has 0 aliphatic heterocycles. The molecule has 0 amide bonds. The van der Waals surface area contributed by atoms with E-state index >= 15 is 0 Å². The van der Waals surface area contributed by atoms with E-state index in [9.17, 15) is 14.9 Å². The van der Waals surface area contributed by atoms with Crippen molar-refractivity contribution in [2.45, 2.75) is 4.90 Å². The number of hydrogen-bond acceptors (Lipinski definition) is 6. The zero-order valence-electron chi connectivity index (χ0n) is 11.0. The van der Waals surface area contributed by atoms with Crippen molar-refractivity contribution in [2.75, 3.05) is 6.26 Å². The maximum absolute atomic E-state index is 11.6. The molecule has 0 aliphatic carbocycles. The monoisotopic (exact) mass is 305 g/mol. The Bertz CT molecular complexity index is 639. The van der Waals surface area contributed by atoms with E-state index in [1.165, 1.54) is 24.3 Å². The molecular weight excluding hydrogens is 294 g/mol. The molecule has 7 heteroatoms. The second kappa shape index (κ2) is 6.76. The van der Waals surface area contributed by atoms with Crippen LogP contribution in [0.5, 0.6) is 11.5 Å². The van der Waals surface area contributed by atoms with Crippen molar-refractivity contribution in [3.8, 4) is 11.5 Å². The van der Waals surface area contributed by atoms with Crippen LogP contribution in [0, 0.1) is 10.1 Å². The summed E-state index contributed by atoms with van der Waals surface area (Å²) in [6, 6.07) is 12.1. The average molecular weight is 305 g/mol. The first-order valence-electron chi connectivity index (χ1n) is 5.86. The molecule has 0 N–H and O–H groups in total. The largest absolute Gasteiger partial charge is 0.519 e. The number of carbonyl (C=O) groups excluding carboxylic acids is 1. The Morgan fingerprint density at radius 1 is 1.00 bits per heavy atom. The van der Waals surface area contributed by atoms with Crippen LogP contribution in [-0.2, 0) is 0 Å². The van der Waals surface area contributed by atoms with Crippen molar-refractivity contribution >= 4 is 23.6 Å². The molecule has 108 valence electrons. The van der Waals surface area contributed by atoms with Gasteiger partial charge in [0.25, 0.3) is 5.69 Å². The molecular formula is C14H11NO5S. The number of rotatable bonds is 4. The summed E-state index contributed by atoms with van der Waals surface area (Å²) in [6.07, 6.45) is 1.04. The quantitative estimate of drug-likeness (QED) is 0.280. The van der Waals surface area contributed by atoms with Crippen molar-refractivity contribution in [3.63, 3.8) is 0 Å². The normalized spacial score (nSPS) is 9.95. The van der Waals surface area contributed by atoms with E-state index in [1.54, 1.807) is 23.9 Å². The van der Waals surface area contributed by atoms with E-state index < -0.39 is 11.1 Å². The third-order valence-corrected chi connectivity index (χ3v) is 3.25. The number of hydrogen-bond donors (Lipinski definition) is 0. The van der Waals surface area contributed by atoms with Crippen LogP contribution in [0.1, 0.15) is 0 Å². The third-order valence-electron chi connectivity index (χ3n) is 2.51. The number of nitro benzene ring substituents is 1. The van der Waals surface area contributed by atoms with Gasteiger partial charge in [-0.3, -0.25) is 10.1 Å². The molecule has 0 saturated heterocycles. The fraction of sp³-hybridized carbons (Fsp3) is 0.0714. The van der Waals surface area contributed by atoms with E-state index in [0.717, 1.165) is 4.90 Å². The van der Waals surface area contributed by atoms with Crippen molar-refractivity contribution in [1.82, 2.24) is 0 Å². The highest BCUT2D eigenvalue weighted by molar-refractivity contribution is 7.98.